The number of carbonyl (C=O) groups excluding carboxylic acids is 2. The highest BCUT2D eigenvalue weighted by atomic mass is 79.9. The number of fused-ring (bicyclic) bond motifs is 1. The van der Waals surface area contributed by atoms with E-state index in [0.29, 0.717) is 5.92 Å². The first-order valence-electron chi connectivity index (χ1n) is 7.74. The van der Waals surface area contributed by atoms with Crippen molar-refractivity contribution in [3.63, 3.8) is 0 Å². The SMILES string of the molecule is Cc1cc(Br)cc(C)c1NC(=O)[C@@H]1[C@@H]2C[C@@H]3[C@H]1C(=O)O[C@@H]3C2. The van der Waals surface area contributed by atoms with Crippen molar-refractivity contribution in [2.45, 2.75) is 32.8 Å². The number of halogens is 1. The zero-order valence-electron chi connectivity index (χ0n) is 12.6. The third kappa shape index (κ3) is 1.94. The molecule has 0 aromatic heterocycles. The van der Waals surface area contributed by atoms with Crippen molar-refractivity contribution in [1.29, 1.82) is 0 Å². The van der Waals surface area contributed by atoms with Gasteiger partial charge in [-0.1, -0.05) is 15.9 Å². The van der Waals surface area contributed by atoms with E-state index in [1.165, 1.54) is 0 Å². The Kier molecular flexibility index (Phi) is 3.12. The van der Waals surface area contributed by atoms with E-state index in [2.05, 4.69) is 21.2 Å². The molecule has 1 heterocycles. The van der Waals surface area contributed by atoms with Crippen molar-refractivity contribution < 1.29 is 14.3 Å². The minimum absolute atomic E-state index is 0.0247. The molecule has 2 saturated carbocycles. The lowest BCUT2D eigenvalue weighted by Crippen LogP contribution is -2.36. The lowest BCUT2D eigenvalue weighted by Gasteiger charge is -2.24. The summed E-state index contributed by atoms with van der Waals surface area (Å²) in [5.74, 6) is -0.0795. The van der Waals surface area contributed by atoms with Gasteiger partial charge in [0, 0.05) is 16.1 Å². The number of rotatable bonds is 2. The molecule has 3 aliphatic rings. The summed E-state index contributed by atoms with van der Waals surface area (Å²) in [7, 11) is 0. The van der Waals surface area contributed by atoms with Crippen molar-refractivity contribution >= 4 is 33.5 Å². The van der Waals surface area contributed by atoms with Gasteiger partial charge in [-0.15, -0.1) is 0 Å². The van der Waals surface area contributed by atoms with Gasteiger partial charge in [0.1, 0.15) is 6.10 Å². The van der Waals surface area contributed by atoms with Gasteiger partial charge in [-0.05, 0) is 55.9 Å². The van der Waals surface area contributed by atoms with Gasteiger partial charge in [-0.3, -0.25) is 9.59 Å². The van der Waals surface area contributed by atoms with Crippen LogP contribution in [0.3, 0.4) is 0 Å². The summed E-state index contributed by atoms with van der Waals surface area (Å²) >= 11 is 3.47. The Bertz CT molecular complexity index is 661. The molecular formula is C17H18BrNO3. The highest BCUT2D eigenvalue weighted by Crippen LogP contribution is 2.57. The lowest BCUT2D eigenvalue weighted by molar-refractivity contribution is -0.145. The van der Waals surface area contributed by atoms with E-state index in [0.717, 1.165) is 34.1 Å². The number of amides is 1. The third-order valence-electron chi connectivity index (χ3n) is 5.53. The predicted molar refractivity (Wildman–Crippen MR) is 85.3 cm³/mol. The van der Waals surface area contributed by atoms with Gasteiger partial charge in [-0.2, -0.15) is 0 Å². The molecule has 1 saturated heterocycles. The zero-order chi connectivity index (χ0) is 15.6. The van der Waals surface area contributed by atoms with Crippen LogP contribution in [0.4, 0.5) is 5.69 Å². The number of hydrogen-bond donors (Lipinski definition) is 1. The molecule has 5 heteroatoms. The maximum absolute atomic E-state index is 12.8. The third-order valence-corrected chi connectivity index (χ3v) is 5.99. The van der Waals surface area contributed by atoms with Crippen LogP contribution in [0.2, 0.25) is 0 Å². The molecule has 0 radical (unpaired) electrons. The Morgan fingerprint density at radius 2 is 1.95 bits per heavy atom. The minimum Gasteiger partial charge on any atom is -0.462 e. The number of anilines is 1. The summed E-state index contributed by atoms with van der Waals surface area (Å²) in [6.07, 6.45) is 1.88. The van der Waals surface area contributed by atoms with E-state index in [1.807, 2.05) is 26.0 Å². The first-order valence-corrected chi connectivity index (χ1v) is 8.53. The Labute approximate surface area is 137 Å². The summed E-state index contributed by atoms with van der Waals surface area (Å²) in [5.41, 5.74) is 2.91. The second-order valence-electron chi connectivity index (χ2n) is 6.83. The van der Waals surface area contributed by atoms with Crippen molar-refractivity contribution in [3.05, 3.63) is 27.7 Å². The quantitative estimate of drug-likeness (QED) is 0.820. The molecule has 3 fully saturated rings. The number of benzene rings is 1. The molecule has 1 aromatic carbocycles. The topological polar surface area (TPSA) is 55.4 Å². The molecule has 1 aliphatic heterocycles. The summed E-state index contributed by atoms with van der Waals surface area (Å²) in [5, 5.41) is 3.07. The van der Waals surface area contributed by atoms with Crippen LogP contribution >= 0.6 is 15.9 Å². The predicted octanol–water partition coefficient (Wildman–Crippen LogP) is 3.20. The average Bonchev–Trinajstić information content (AvgIpc) is 3.03. The maximum Gasteiger partial charge on any atom is 0.310 e. The van der Waals surface area contributed by atoms with E-state index in [-0.39, 0.29) is 35.7 Å². The first-order chi connectivity index (χ1) is 10.5. The number of hydrogen-bond acceptors (Lipinski definition) is 3. The molecule has 2 aliphatic carbocycles. The minimum atomic E-state index is -0.223. The van der Waals surface area contributed by atoms with Crippen molar-refractivity contribution in [2.24, 2.45) is 23.7 Å². The van der Waals surface area contributed by atoms with Gasteiger partial charge in [0.15, 0.2) is 0 Å². The largest absolute Gasteiger partial charge is 0.462 e. The first kappa shape index (κ1) is 14.2. The Morgan fingerprint density at radius 1 is 1.27 bits per heavy atom. The van der Waals surface area contributed by atoms with Crippen LogP contribution in [0.5, 0.6) is 0 Å². The normalized spacial score (nSPS) is 34.9. The number of esters is 1. The van der Waals surface area contributed by atoms with Gasteiger partial charge < -0.3 is 10.1 Å². The standard InChI is InChI=1S/C17H18BrNO3/c1-7-3-10(18)4-8(2)15(7)19-16(20)13-9-5-11-12(6-9)22-17(21)14(11)13/h3-4,9,11-14H,5-6H2,1-2H3,(H,19,20)/t9-,11+,12-,13-,14-/m1/s1. The van der Waals surface area contributed by atoms with Crippen LogP contribution in [-0.4, -0.2) is 18.0 Å². The van der Waals surface area contributed by atoms with E-state index >= 15 is 0 Å². The molecule has 2 bridgehead atoms. The average molecular weight is 364 g/mol. The van der Waals surface area contributed by atoms with Gasteiger partial charge in [0.05, 0.1) is 11.8 Å². The molecule has 0 spiro atoms. The fourth-order valence-corrected chi connectivity index (χ4v) is 5.36. The fraction of sp³-hybridized carbons (Fsp3) is 0.529. The van der Waals surface area contributed by atoms with Gasteiger partial charge in [0.2, 0.25) is 5.91 Å². The molecule has 4 nitrogen and oxygen atoms in total. The van der Waals surface area contributed by atoms with Crippen LogP contribution in [0.1, 0.15) is 24.0 Å². The Hall–Kier alpha value is -1.36. The molecule has 1 N–H and O–H groups in total. The van der Waals surface area contributed by atoms with Crippen LogP contribution in [0.25, 0.3) is 0 Å². The second-order valence-corrected chi connectivity index (χ2v) is 7.74. The zero-order valence-corrected chi connectivity index (χ0v) is 14.1. The number of nitrogens with one attached hydrogen (secondary N) is 1. The molecule has 116 valence electrons. The van der Waals surface area contributed by atoms with Gasteiger partial charge in [0.25, 0.3) is 0 Å². The monoisotopic (exact) mass is 363 g/mol. The van der Waals surface area contributed by atoms with Crippen LogP contribution < -0.4 is 5.32 Å². The molecule has 0 unspecified atom stereocenters. The Balaban J connectivity index is 1.60. The van der Waals surface area contributed by atoms with Crippen LogP contribution in [-0.2, 0) is 14.3 Å². The summed E-state index contributed by atoms with van der Waals surface area (Å²) in [4.78, 5) is 24.8. The molecule has 22 heavy (non-hydrogen) atoms. The summed E-state index contributed by atoms with van der Waals surface area (Å²) in [6.45, 7) is 3.96. The molecule has 4 rings (SSSR count). The van der Waals surface area contributed by atoms with E-state index in [1.54, 1.807) is 0 Å². The Morgan fingerprint density at radius 3 is 2.64 bits per heavy atom. The lowest BCUT2D eigenvalue weighted by atomic mass is 9.79. The van der Waals surface area contributed by atoms with Gasteiger partial charge in [-0.25, -0.2) is 0 Å². The number of ether oxygens (including phenoxy) is 1. The fourth-order valence-electron chi connectivity index (χ4n) is 4.68. The second kappa shape index (κ2) is 4.82. The molecule has 1 aromatic rings. The van der Waals surface area contributed by atoms with Crippen LogP contribution in [0, 0.1) is 37.5 Å². The maximum atomic E-state index is 12.8. The van der Waals surface area contributed by atoms with Gasteiger partial charge >= 0.3 is 5.97 Å². The summed E-state index contributed by atoms with van der Waals surface area (Å²) < 4.78 is 6.41. The molecular weight excluding hydrogens is 346 g/mol. The smallest absolute Gasteiger partial charge is 0.310 e. The molecule has 1 amide bonds. The number of carbonyl (C=O) groups is 2. The highest BCUT2D eigenvalue weighted by Gasteiger charge is 2.63. The van der Waals surface area contributed by atoms with E-state index in [4.69, 9.17) is 4.74 Å². The molecule has 5 atom stereocenters. The van der Waals surface area contributed by atoms with Crippen molar-refractivity contribution in [3.8, 4) is 0 Å². The summed E-state index contributed by atoms with van der Waals surface area (Å²) in [6, 6.07) is 3.98. The van der Waals surface area contributed by atoms with Crippen molar-refractivity contribution in [1.82, 2.24) is 0 Å². The van der Waals surface area contributed by atoms with Crippen LogP contribution in [0.15, 0.2) is 16.6 Å². The van der Waals surface area contributed by atoms with Crippen molar-refractivity contribution in [2.75, 3.05) is 5.32 Å². The van der Waals surface area contributed by atoms with E-state index in [9.17, 15) is 9.59 Å². The highest BCUT2D eigenvalue weighted by molar-refractivity contribution is 9.10. The number of aryl methyl sites for hydroxylation is 2. The van der Waals surface area contributed by atoms with E-state index < -0.39 is 0 Å².